The number of nitrogens with one attached hydrogen (secondary N) is 1. The molecule has 0 bridgehead atoms. The molecule has 0 saturated carbocycles. The highest BCUT2D eigenvalue weighted by molar-refractivity contribution is 6.43. The van der Waals surface area contributed by atoms with E-state index >= 15 is 0 Å². The largest absolute Gasteiger partial charge is 0.488 e. The Morgan fingerprint density at radius 3 is 2.41 bits per heavy atom. The van der Waals surface area contributed by atoms with Crippen molar-refractivity contribution in [3.8, 4) is 17.0 Å². The van der Waals surface area contributed by atoms with Crippen LogP contribution in [0.2, 0.25) is 10.0 Å². The number of hydrogen-bond donors (Lipinski definition) is 2. The fourth-order valence-electron chi connectivity index (χ4n) is 3.29. The van der Waals surface area contributed by atoms with Gasteiger partial charge in [0.2, 0.25) is 5.95 Å². The predicted octanol–water partition coefficient (Wildman–Crippen LogP) is 4.20. The van der Waals surface area contributed by atoms with Crippen molar-refractivity contribution < 1.29 is 9.47 Å². The fourth-order valence-corrected chi connectivity index (χ4v) is 3.70. The van der Waals surface area contributed by atoms with Gasteiger partial charge in [-0.3, -0.25) is 0 Å². The monoisotopic (exact) mass is 482 g/mol. The van der Waals surface area contributed by atoms with Crippen molar-refractivity contribution in [2.45, 2.75) is 52.2 Å². The van der Waals surface area contributed by atoms with Crippen LogP contribution in [0, 0.1) is 0 Å². The van der Waals surface area contributed by atoms with Gasteiger partial charge in [0, 0.05) is 44.2 Å². The third kappa shape index (κ3) is 6.57. The van der Waals surface area contributed by atoms with E-state index in [0.29, 0.717) is 46.0 Å². The Labute approximate surface area is 199 Å². The Balaban J connectivity index is 1.82. The van der Waals surface area contributed by atoms with Gasteiger partial charge in [-0.15, -0.1) is 10.2 Å². The van der Waals surface area contributed by atoms with E-state index in [-0.39, 0.29) is 11.4 Å². The lowest BCUT2D eigenvalue weighted by Crippen LogP contribution is -2.44. The predicted molar refractivity (Wildman–Crippen MR) is 130 cm³/mol. The molecule has 0 spiro atoms. The third-order valence-corrected chi connectivity index (χ3v) is 5.79. The molecule has 176 valence electrons. The van der Waals surface area contributed by atoms with Gasteiger partial charge in [-0.2, -0.15) is 4.98 Å². The van der Waals surface area contributed by atoms with Crippen LogP contribution in [0.25, 0.3) is 11.3 Å². The lowest BCUT2D eigenvalue weighted by molar-refractivity contribution is -0.0292. The number of anilines is 2. The first kappa shape index (κ1) is 24.8. The van der Waals surface area contributed by atoms with Crippen LogP contribution in [0.15, 0.2) is 12.1 Å². The first-order valence-electron chi connectivity index (χ1n) is 10.7. The molecule has 10 heteroatoms. The molecule has 0 aliphatic carbocycles. The highest BCUT2D eigenvalue weighted by Crippen LogP contribution is 2.39. The van der Waals surface area contributed by atoms with Crippen LogP contribution in [0.4, 0.5) is 11.8 Å². The number of ether oxygens (including phenoxy) is 2. The Bertz CT molecular complexity index is 943. The molecule has 8 nitrogen and oxygen atoms in total. The molecular weight excluding hydrogens is 451 g/mol. The van der Waals surface area contributed by atoms with E-state index in [1.165, 1.54) is 0 Å². The number of nitrogens with zero attached hydrogens (tertiary/aromatic N) is 4. The molecular formula is C22H32Cl2N6O2. The first-order valence-corrected chi connectivity index (χ1v) is 11.5. The Morgan fingerprint density at radius 2 is 1.78 bits per heavy atom. The Hall–Kier alpha value is -1.87. The van der Waals surface area contributed by atoms with Crippen molar-refractivity contribution in [1.29, 1.82) is 0 Å². The maximum absolute atomic E-state index is 6.49. The van der Waals surface area contributed by atoms with E-state index < -0.39 is 5.60 Å². The highest BCUT2D eigenvalue weighted by Gasteiger charge is 2.24. The maximum Gasteiger partial charge on any atom is 0.247 e. The van der Waals surface area contributed by atoms with E-state index in [1.54, 1.807) is 12.1 Å². The third-order valence-electron chi connectivity index (χ3n) is 4.99. The van der Waals surface area contributed by atoms with Gasteiger partial charge in [-0.25, -0.2) is 0 Å². The van der Waals surface area contributed by atoms with Gasteiger partial charge in [0.25, 0.3) is 0 Å². The van der Waals surface area contributed by atoms with Crippen LogP contribution in [-0.2, 0) is 4.74 Å². The standard InChI is InChI=1S/C22H32Cl2N6O2/c1-21(2,3)31-11-6-22(4,5)32-14-12-15(17(24)16(23)13-14)18-19(25)27-20(29-28-18)30-9-7-26-8-10-30/h12-13,26H,6-11H2,1-5H3,(H2,25,27,29). The Kier molecular flexibility index (Phi) is 7.70. The molecule has 3 N–H and O–H groups in total. The zero-order valence-electron chi connectivity index (χ0n) is 19.3. The average molecular weight is 483 g/mol. The number of benzene rings is 1. The molecule has 32 heavy (non-hydrogen) atoms. The molecule has 2 aromatic rings. The van der Waals surface area contributed by atoms with E-state index in [4.69, 9.17) is 38.4 Å². The van der Waals surface area contributed by atoms with Gasteiger partial charge < -0.3 is 25.4 Å². The minimum absolute atomic E-state index is 0.201. The fraction of sp³-hybridized carbons (Fsp3) is 0.591. The number of piperazine rings is 1. The quantitative estimate of drug-likeness (QED) is 0.605. The van der Waals surface area contributed by atoms with Gasteiger partial charge in [0.1, 0.15) is 17.0 Å². The summed E-state index contributed by atoms with van der Waals surface area (Å²) in [4.78, 5) is 6.50. The molecule has 1 aromatic heterocycles. The molecule has 1 aliphatic heterocycles. The smallest absolute Gasteiger partial charge is 0.247 e. The lowest BCUT2D eigenvalue weighted by Gasteiger charge is -2.29. The van der Waals surface area contributed by atoms with Gasteiger partial charge >= 0.3 is 0 Å². The summed E-state index contributed by atoms with van der Waals surface area (Å²) in [6, 6.07) is 3.46. The van der Waals surface area contributed by atoms with Gasteiger partial charge in [0.05, 0.1) is 22.3 Å². The second-order valence-corrected chi connectivity index (χ2v) is 10.2. The zero-order chi connectivity index (χ0) is 23.5. The number of nitrogen functional groups attached to an aromatic ring is 1. The Morgan fingerprint density at radius 1 is 1.09 bits per heavy atom. The van der Waals surface area contributed by atoms with Crippen molar-refractivity contribution >= 4 is 35.0 Å². The van der Waals surface area contributed by atoms with E-state index in [9.17, 15) is 0 Å². The lowest BCUT2D eigenvalue weighted by atomic mass is 10.0. The molecule has 3 rings (SSSR count). The summed E-state index contributed by atoms with van der Waals surface area (Å²) >= 11 is 12.9. The normalized spacial score (nSPS) is 15.2. The SMILES string of the molecule is CC(C)(C)OCCC(C)(C)Oc1cc(Cl)c(Cl)c(-c2nnc(N3CCNCC3)nc2N)c1. The maximum atomic E-state index is 6.49. The van der Waals surface area contributed by atoms with Crippen molar-refractivity contribution in [2.24, 2.45) is 0 Å². The molecule has 2 heterocycles. The number of hydrogen-bond acceptors (Lipinski definition) is 8. The van der Waals surface area contributed by atoms with Crippen molar-refractivity contribution in [1.82, 2.24) is 20.5 Å². The number of nitrogens with two attached hydrogens (primary N) is 1. The van der Waals surface area contributed by atoms with Crippen molar-refractivity contribution in [3.05, 3.63) is 22.2 Å². The summed E-state index contributed by atoms with van der Waals surface area (Å²) < 4.78 is 12.1. The van der Waals surface area contributed by atoms with Crippen LogP contribution in [-0.4, -0.2) is 59.2 Å². The van der Waals surface area contributed by atoms with Crippen molar-refractivity contribution in [2.75, 3.05) is 43.4 Å². The second kappa shape index (κ2) is 9.95. The van der Waals surface area contributed by atoms with Gasteiger partial charge in [0.15, 0.2) is 5.82 Å². The van der Waals surface area contributed by atoms with Gasteiger partial charge in [-0.1, -0.05) is 23.2 Å². The summed E-state index contributed by atoms with van der Waals surface area (Å²) in [7, 11) is 0. The van der Waals surface area contributed by atoms with Crippen LogP contribution in [0.1, 0.15) is 41.0 Å². The molecule has 1 fully saturated rings. The molecule has 1 aliphatic rings. The van der Waals surface area contributed by atoms with Crippen LogP contribution >= 0.6 is 23.2 Å². The van der Waals surface area contributed by atoms with Crippen LogP contribution in [0.3, 0.4) is 0 Å². The second-order valence-electron chi connectivity index (χ2n) is 9.42. The summed E-state index contributed by atoms with van der Waals surface area (Å²) in [5.74, 6) is 1.30. The molecule has 0 atom stereocenters. The number of aromatic nitrogens is 3. The highest BCUT2D eigenvalue weighted by atomic mass is 35.5. The molecule has 0 radical (unpaired) electrons. The first-order chi connectivity index (χ1) is 15.0. The minimum Gasteiger partial charge on any atom is -0.488 e. The summed E-state index contributed by atoms with van der Waals surface area (Å²) in [6.45, 7) is 14.0. The van der Waals surface area contributed by atoms with Crippen molar-refractivity contribution in [3.63, 3.8) is 0 Å². The number of rotatable bonds is 7. The molecule has 1 saturated heterocycles. The van der Waals surface area contributed by atoms with E-state index in [1.807, 2.05) is 39.5 Å². The topological polar surface area (TPSA) is 98.4 Å². The zero-order valence-corrected chi connectivity index (χ0v) is 20.8. The number of halogens is 2. The molecule has 1 aromatic carbocycles. The van der Waals surface area contributed by atoms with Gasteiger partial charge in [-0.05, 0) is 40.7 Å². The molecule has 0 amide bonds. The van der Waals surface area contributed by atoms with E-state index in [0.717, 1.165) is 26.2 Å². The summed E-state index contributed by atoms with van der Waals surface area (Å²) in [5.41, 5.74) is 6.46. The van der Waals surface area contributed by atoms with Crippen LogP contribution < -0.4 is 20.7 Å². The minimum atomic E-state index is -0.485. The summed E-state index contributed by atoms with van der Waals surface area (Å²) in [6.07, 6.45) is 0.697. The summed E-state index contributed by atoms with van der Waals surface area (Å²) in [5, 5.41) is 12.6. The van der Waals surface area contributed by atoms with Crippen LogP contribution in [0.5, 0.6) is 5.75 Å². The average Bonchev–Trinajstić information content (AvgIpc) is 2.70. The molecule has 0 unspecified atom stereocenters. The van der Waals surface area contributed by atoms with E-state index in [2.05, 4.69) is 20.5 Å².